The van der Waals surface area contributed by atoms with Crippen molar-refractivity contribution in [3.05, 3.63) is 59.2 Å². The molecule has 0 fully saturated rings. The molecule has 0 aliphatic heterocycles. The summed E-state index contributed by atoms with van der Waals surface area (Å²) in [7, 11) is 1.53. The van der Waals surface area contributed by atoms with E-state index in [1.54, 1.807) is 12.1 Å². The van der Waals surface area contributed by atoms with Gasteiger partial charge in [-0.2, -0.15) is 0 Å². The molecule has 0 aliphatic rings. The van der Waals surface area contributed by atoms with E-state index in [1.165, 1.54) is 18.2 Å². The average Bonchev–Trinajstić information content (AvgIpc) is 2.60. The maximum atomic E-state index is 9.88. The van der Waals surface area contributed by atoms with Crippen molar-refractivity contribution in [2.75, 3.05) is 13.7 Å². The Morgan fingerprint density at radius 1 is 1.23 bits per heavy atom. The smallest absolute Gasteiger partial charge is 0.192 e. The molecular weight excluding hydrogens is 441 g/mol. The van der Waals surface area contributed by atoms with Crippen LogP contribution in [-0.4, -0.2) is 24.7 Å². The quantitative estimate of drug-likeness (QED) is 0.338. The van der Waals surface area contributed by atoms with Crippen molar-refractivity contribution < 1.29 is 9.84 Å². The Hall–Kier alpha value is -1.96. The maximum Gasteiger partial charge on any atom is 0.192 e. The summed E-state index contributed by atoms with van der Waals surface area (Å²) in [6.45, 7) is 7.51. The molecule has 2 rings (SSSR count). The number of phenols is 1. The Balaban J connectivity index is 0.00000338. The van der Waals surface area contributed by atoms with Crippen molar-refractivity contribution in [2.24, 2.45) is 4.99 Å². The van der Waals surface area contributed by atoms with Crippen molar-refractivity contribution in [1.82, 2.24) is 10.6 Å². The Kier molecular flexibility index (Phi) is 9.26. The molecule has 142 valence electrons. The van der Waals surface area contributed by atoms with Crippen LogP contribution in [0.5, 0.6) is 11.5 Å². The molecule has 0 amide bonds. The van der Waals surface area contributed by atoms with Crippen LogP contribution in [0.1, 0.15) is 36.6 Å². The second-order valence-corrected chi connectivity index (χ2v) is 5.92. The van der Waals surface area contributed by atoms with Crippen LogP contribution in [0.3, 0.4) is 0 Å². The molecule has 0 radical (unpaired) electrons. The minimum absolute atomic E-state index is 0. The van der Waals surface area contributed by atoms with E-state index in [-0.39, 0.29) is 35.8 Å². The minimum Gasteiger partial charge on any atom is -0.504 e. The summed E-state index contributed by atoms with van der Waals surface area (Å²) in [5.41, 5.74) is 3.41. The second kappa shape index (κ2) is 10.9. The number of hydrogen-bond donors (Lipinski definition) is 3. The van der Waals surface area contributed by atoms with Crippen LogP contribution in [-0.2, 0) is 6.54 Å². The van der Waals surface area contributed by atoms with Crippen LogP contribution in [0.2, 0.25) is 0 Å². The van der Waals surface area contributed by atoms with Crippen molar-refractivity contribution in [1.29, 1.82) is 0 Å². The van der Waals surface area contributed by atoms with E-state index in [0.717, 1.165) is 18.1 Å². The maximum absolute atomic E-state index is 9.88. The lowest BCUT2D eigenvalue weighted by atomic mass is 10.0. The van der Waals surface area contributed by atoms with E-state index in [9.17, 15) is 5.11 Å². The first kappa shape index (κ1) is 22.1. The Morgan fingerprint density at radius 3 is 2.58 bits per heavy atom. The molecule has 1 atom stereocenters. The van der Waals surface area contributed by atoms with Gasteiger partial charge in [-0.3, -0.25) is 0 Å². The zero-order valence-electron chi connectivity index (χ0n) is 15.7. The number of methoxy groups -OCH3 is 1. The molecule has 5 nitrogen and oxygen atoms in total. The number of benzene rings is 2. The number of hydrogen-bond acceptors (Lipinski definition) is 3. The molecule has 3 N–H and O–H groups in total. The molecule has 1 unspecified atom stereocenters. The molecule has 0 spiro atoms. The van der Waals surface area contributed by atoms with Crippen LogP contribution >= 0.6 is 24.0 Å². The predicted octanol–water partition coefficient (Wildman–Crippen LogP) is 4.14. The highest BCUT2D eigenvalue weighted by molar-refractivity contribution is 14.0. The van der Waals surface area contributed by atoms with Crippen LogP contribution in [0.15, 0.2) is 47.5 Å². The van der Waals surface area contributed by atoms with Crippen LogP contribution in [0, 0.1) is 6.92 Å². The third kappa shape index (κ3) is 6.09. The van der Waals surface area contributed by atoms with Gasteiger partial charge in [0.15, 0.2) is 17.5 Å². The molecule has 6 heteroatoms. The number of nitrogens with zero attached hydrogens (tertiary/aromatic N) is 1. The fourth-order valence-corrected chi connectivity index (χ4v) is 2.68. The largest absolute Gasteiger partial charge is 0.504 e. The standard InChI is InChI=1S/C20H27N3O2.HI/c1-5-21-20(23-15(3)17-9-7-6-8-14(17)2)22-13-16-10-11-19(25-4)18(24)12-16;/h6-12,15,24H,5,13H2,1-4H3,(H2,21,22,23);1H. The first-order chi connectivity index (χ1) is 12.0. The van der Waals surface area contributed by atoms with Crippen LogP contribution in [0.4, 0.5) is 0 Å². The normalized spacial score (nSPS) is 12.1. The van der Waals surface area contributed by atoms with Gasteiger partial charge in [0.25, 0.3) is 0 Å². The second-order valence-electron chi connectivity index (χ2n) is 5.92. The number of guanidine groups is 1. The van der Waals surface area contributed by atoms with Gasteiger partial charge < -0.3 is 20.5 Å². The number of rotatable bonds is 6. The number of aromatic hydroxyl groups is 1. The van der Waals surface area contributed by atoms with E-state index in [4.69, 9.17) is 4.74 Å². The highest BCUT2D eigenvalue weighted by atomic mass is 127. The van der Waals surface area contributed by atoms with Crippen molar-refractivity contribution in [3.8, 4) is 11.5 Å². The first-order valence-corrected chi connectivity index (χ1v) is 8.51. The van der Waals surface area contributed by atoms with Gasteiger partial charge in [0.2, 0.25) is 0 Å². The van der Waals surface area contributed by atoms with Crippen molar-refractivity contribution in [3.63, 3.8) is 0 Å². The summed E-state index contributed by atoms with van der Waals surface area (Å²) in [6.07, 6.45) is 0. The fraction of sp³-hybridized carbons (Fsp3) is 0.350. The number of aryl methyl sites for hydroxylation is 1. The lowest BCUT2D eigenvalue weighted by Crippen LogP contribution is -2.38. The van der Waals surface area contributed by atoms with Gasteiger partial charge in [0.1, 0.15) is 0 Å². The third-order valence-corrected chi connectivity index (χ3v) is 4.02. The Labute approximate surface area is 172 Å². The van der Waals surface area contributed by atoms with Gasteiger partial charge in [-0.15, -0.1) is 24.0 Å². The molecule has 2 aromatic rings. The lowest BCUT2D eigenvalue weighted by Gasteiger charge is -2.19. The lowest BCUT2D eigenvalue weighted by molar-refractivity contribution is 0.373. The Bertz CT molecular complexity index is 735. The van der Waals surface area contributed by atoms with Gasteiger partial charge in [-0.25, -0.2) is 4.99 Å². The van der Waals surface area contributed by atoms with Gasteiger partial charge in [0.05, 0.1) is 19.7 Å². The summed E-state index contributed by atoms with van der Waals surface area (Å²) in [5.74, 6) is 1.33. The van der Waals surface area contributed by atoms with Gasteiger partial charge in [-0.05, 0) is 49.6 Å². The molecule has 0 saturated heterocycles. The van der Waals surface area contributed by atoms with E-state index < -0.39 is 0 Å². The summed E-state index contributed by atoms with van der Waals surface area (Å²) in [5, 5.41) is 16.6. The summed E-state index contributed by atoms with van der Waals surface area (Å²) in [4.78, 5) is 4.62. The zero-order chi connectivity index (χ0) is 18.2. The topological polar surface area (TPSA) is 65.9 Å². The minimum atomic E-state index is 0. The molecule has 0 aromatic heterocycles. The molecule has 0 saturated carbocycles. The molecule has 0 aliphatic carbocycles. The number of aliphatic imine (C=N–C) groups is 1. The molecular formula is C20H28IN3O2. The highest BCUT2D eigenvalue weighted by Crippen LogP contribution is 2.26. The van der Waals surface area contributed by atoms with E-state index in [0.29, 0.717) is 12.3 Å². The first-order valence-electron chi connectivity index (χ1n) is 8.51. The van der Waals surface area contributed by atoms with E-state index >= 15 is 0 Å². The third-order valence-electron chi connectivity index (χ3n) is 4.02. The molecule has 0 bridgehead atoms. The SMILES string of the molecule is CCNC(=NCc1ccc(OC)c(O)c1)NC(C)c1ccccc1C.I. The Morgan fingerprint density at radius 2 is 1.96 bits per heavy atom. The predicted molar refractivity (Wildman–Crippen MR) is 118 cm³/mol. The van der Waals surface area contributed by atoms with Gasteiger partial charge in [-0.1, -0.05) is 30.3 Å². The average molecular weight is 469 g/mol. The zero-order valence-corrected chi connectivity index (χ0v) is 18.1. The summed E-state index contributed by atoms with van der Waals surface area (Å²) in [6, 6.07) is 13.8. The highest BCUT2D eigenvalue weighted by Gasteiger charge is 2.10. The van der Waals surface area contributed by atoms with Crippen molar-refractivity contribution in [2.45, 2.75) is 33.4 Å². The van der Waals surface area contributed by atoms with E-state index in [2.05, 4.69) is 41.6 Å². The number of halogens is 1. The monoisotopic (exact) mass is 469 g/mol. The number of phenolic OH excluding ortho intramolecular Hbond substituents is 1. The summed E-state index contributed by atoms with van der Waals surface area (Å²) < 4.78 is 5.07. The van der Waals surface area contributed by atoms with E-state index in [1.807, 2.05) is 25.1 Å². The number of nitrogens with one attached hydrogen (secondary N) is 2. The number of ether oxygens (including phenoxy) is 1. The van der Waals surface area contributed by atoms with Gasteiger partial charge >= 0.3 is 0 Å². The molecule has 0 heterocycles. The fourth-order valence-electron chi connectivity index (χ4n) is 2.68. The molecule has 2 aromatic carbocycles. The van der Waals surface area contributed by atoms with Crippen molar-refractivity contribution >= 4 is 29.9 Å². The van der Waals surface area contributed by atoms with Crippen LogP contribution < -0.4 is 15.4 Å². The summed E-state index contributed by atoms with van der Waals surface area (Å²) >= 11 is 0. The van der Waals surface area contributed by atoms with Gasteiger partial charge in [0, 0.05) is 6.54 Å². The molecule has 26 heavy (non-hydrogen) atoms. The van der Waals surface area contributed by atoms with Crippen LogP contribution in [0.25, 0.3) is 0 Å².